The lowest BCUT2D eigenvalue weighted by Crippen LogP contribution is -2.16. The molecule has 9 aromatic rings. The predicted molar refractivity (Wildman–Crippen MR) is 238 cm³/mol. The molecule has 10 rings (SSSR count). The first kappa shape index (κ1) is 33.6. The Morgan fingerprint density at radius 2 is 0.804 bits per heavy atom. The Labute approximate surface area is 329 Å². The molecule has 0 spiro atoms. The highest BCUT2D eigenvalue weighted by Crippen LogP contribution is 2.55. The summed E-state index contributed by atoms with van der Waals surface area (Å²) in [4.78, 5) is 2.50. The summed E-state index contributed by atoms with van der Waals surface area (Å²) in [5.41, 5.74) is 18.3. The SMILES string of the molecule is CC1(C)c2ccccc2-c2c(N(c3ccc(-c4cccc5ccccc45)cc3)c3ccccc3-c3ccccc3-c3ccccc3-c3ccccc3)cccc21. The minimum absolute atomic E-state index is 0.126. The summed E-state index contributed by atoms with van der Waals surface area (Å²) in [6.45, 7) is 4.72. The first-order valence-electron chi connectivity index (χ1n) is 19.5. The number of rotatable bonds is 7. The third-order valence-electron chi connectivity index (χ3n) is 11.7. The molecule has 0 amide bonds. The van der Waals surface area contributed by atoms with Crippen molar-refractivity contribution in [2.45, 2.75) is 19.3 Å². The van der Waals surface area contributed by atoms with Gasteiger partial charge in [-0.3, -0.25) is 0 Å². The standard InChI is InChI=1S/C55H41N/c1-55(2)50-30-14-12-28-49(50)54-51(55)31-17-33-53(54)56(41-36-34-40(35-37-41)43-29-16-21-39-20-6-7-22-42(39)43)52-32-15-13-27-48(52)47-26-11-10-25-46(47)45-24-9-8-23-44(45)38-18-4-3-5-19-38/h3-37H,1-2H3. The van der Waals surface area contributed by atoms with Crippen LogP contribution in [0.25, 0.3) is 66.4 Å². The fourth-order valence-electron chi connectivity index (χ4n) is 9.03. The van der Waals surface area contributed by atoms with Gasteiger partial charge in [-0.2, -0.15) is 0 Å². The van der Waals surface area contributed by atoms with Crippen molar-refractivity contribution in [1.29, 1.82) is 0 Å². The maximum absolute atomic E-state index is 2.50. The van der Waals surface area contributed by atoms with Gasteiger partial charge in [-0.05, 0) is 90.7 Å². The molecule has 0 fully saturated rings. The van der Waals surface area contributed by atoms with Gasteiger partial charge in [-0.15, -0.1) is 0 Å². The fraction of sp³-hybridized carbons (Fsp3) is 0.0545. The van der Waals surface area contributed by atoms with Gasteiger partial charge < -0.3 is 4.90 Å². The minimum Gasteiger partial charge on any atom is -0.309 e. The van der Waals surface area contributed by atoms with Crippen LogP contribution >= 0.6 is 0 Å². The van der Waals surface area contributed by atoms with E-state index in [0.717, 1.165) is 11.4 Å². The van der Waals surface area contributed by atoms with E-state index in [4.69, 9.17) is 0 Å². The summed E-state index contributed by atoms with van der Waals surface area (Å²) in [5, 5.41) is 2.51. The average Bonchev–Trinajstić information content (AvgIpc) is 3.50. The van der Waals surface area contributed by atoms with Crippen LogP contribution in [0.3, 0.4) is 0 Å². The number of benzene rings is 9. The van der Waals surface area contributed by atoms with Crippen LogP contribution in [0.4, 0.5) is 17.1 Å². The van der Waals surface area contributed by atoms with E-state index in [2.05, 4.69) is 231 Å². The molecule has 0 N–H and O–H groups in total. The lowest BCUT2D eigenvalue weighted by Gasteiger charge is -2.31. The van der Waals surface area contributed by atoms with Crippen molar-refractivity contribution in [2.24, 2.45) is 0 Å². The van der Waals surface area contributed by atoms with Gasteiger partial charge in [-0.25, -0.2) is 0 Å². The normalized spacial score (nSPS) is 12.6. The first-order chi connectivity index (χ1) is 27.6. The molecule has 0 bridgehead atoms. The van der Waals surface area contributed by atoms with Crippen molar-refractivity contribution in [2.75, 3.05) is 4.90 Å². The maximum atomic E-state index is 2.50. The average molecular weight is 716 g/mol. The Kier molecular flexibility index (Phi) is 8.23. The molecule has 1 heteroatoms. The number of hydrogen-bond acceptors (Lipinski definition) is 1. The molecule has 1 nitrogen and oxygen atoms in total. The van der Waals surface area contributed by atoms with Crippen LogP contribution in [0.15, 0.2) is 212 Å². The van der Waals surface area contributed by atoms with E-state index in [9.17, 15) is 0 Å². The highest BCUT2D eigenvalue weighted by atomic mass is 15.1. The fourth-order valence-corrected chi connectivity index (χ4v) is 9.03. The topological polar surface area (TPSA) is 3.24 Å². The van der Waals surface area contributed by atoms with Crippen LogP contribution in [-0.4, -0.2) is 0 Å². The Bertz CT molecular complexity index is 2880. The van der Waals surface area contributed by atoms with E-state index >= 15 is 0 Å². The summed E-state index contributed by atoms with van der Waals surface area (Å²) in [5.74, 6) is 0. The zero-order valence-electron chi connectivity index (χ0n) is 31.7. The van der Waals surface area contributed by atoms with Gasteiger partial charge in [0.15, 0.2) is 0 Å². The van der Waals surface area contributed by atoms with Crippen molar-refractivity contribution in [3.63, 3.8) is 0 Å². The summed E-state index contributed by atoms with van der Waals surface area (Å²) >= 11 is 0. The number of anilines is 3. The molecule has 0 aliphatic heterocycles. The molecule has 1 aliphatic rings. The summed E-state index contributed by atoms with van der Waals surface area (Å²) in [6, 6.07) is 77.6. The van der Waals surface area contributed by atoms with Crippen LogP contribution in [0.1, 0.15) is 25.0 Å². The second-order valence-electron chi connectivity index (χ2n) is 15.3. The Morgan fingerprint density at radius 1 is 0.321 bits per heavy atom. The second kappa shape index (κ2) is 13.7. The first-order valence-corrected chi connectivity index (χ1v) is 19.5. The third kappa shape index (κ3) is 5.55. The van der Waals surface area contributed by atoms with Crippen LogP contribution in [-0.2, 0) is 5.41 Å². The lowest BCUT2D eigenvalue weighted by atomic mass is 9.82. The molecule has 0 aromatic heterocycles. The number of para-hydroxylation sites is 1. The Morgan fingerprint density at radius 3 is 1.57 bits per heavy atom. The number of fused-ring (bicyclic) bond motifs is 4. The molecule has 9 aromatic carbocycles. The molecule has 0 saturated heterocycles. The molecule has 0 heterocycles. The summed E-state index contributed by atoms with van der Waals surface area (Å²) < 4.78 is 0. The second-order valence-corrected chi connectivity index (χ2v) is 15.3. The van der Waals surface area contributed by atoms with Crippen LogP contribution in [0.2, 0.25) is 0 Å². The highest BCUT2D eigenvalue weighted by Gasteiger charge is 2.38. The van der Waals surface area contributed by atoms with Gasteiger partial charge in [0.1, 0.15) is 0 Å². The molecule has 0 radical (unpaired) electrons. The Hall–Kier alpha value is -6.96. The lowest BCUT2D eigenvalue weighted by molar-refractivity contribution is 0.660. The van der Waals surface area contributed by atoms with Crippen molar-refractivity contribution >= 4 is 27.8 Å². The molecule has 266 valence electrons. The Balaban J connectivity index is 1.20. The van der Waals surface area contributed by atoms with Gasteiger partial charge in [0, 0.05) is 22.2 Å². The summed E-state index contributed by atoms with van der Waals surface area (Å²) in [6.07, 6.45) is 0. The van der Waals surface area contributed by atoms with E-state index in [1.54, 1.807) is 0 Å². The van der Waals surface area contributed by atoms with Crippen molar-refractivity contribution in [3.05, 3.63) is 223 Å². The zero-order chi connectivity index (χ0) is 37.6. The smallest absolute Gasteiger partial charge is 0.0543 e. The van der Waals surface area contributed by atoms with E-state index in [1.807, 2.05) is 0 Å². The van der Waals surface area contributed by atoms with E-state index < -0.39 is 0 Å². The van der Waals surface area contributed by atoms with Crippen LogP contribution in [0, 0.1) is 0 Å². The highest BCUT2D eigenvalue weighted by molar-refractivity contribution is 6.01. The van der Waals surface area contributed by atoms with Gasteiger partial charge in [0.05, 0.1) is 11.4 Å². The quantitative estimate of drug-likeness (QED) is 0.159. The van der Waals surface area contributed by atoms with Gasteiger partial charge >= 0.3 is 0 Å². The third-order valence-corrected chi connectivity index (χ3v) is 11.7. The van der Waals surface area contributed by atoms with E-state index in [0.29, 0.717) is 0 Å². The largest absolute Gasteiger partial charge is 0.309 e. The number of nitrogens with zero attached hydrogens (tertiary/aromatic N) is 1. The van der Waals surface area contributed by atoms with E-state index in [1.165, 1.54) is 83.2 Å². The molecule has 0 saturated carbocycles. The number of hydrogen-bond donors (Lipinski definition) is 0. The molecule has 0 unspecified atom stereocenters. The molecular formula is C55H41N. The molecular weight excluding hydrogens is 675 g/mol. The van der Waals surface area contributed by atoms with Gasteiger partial charge in [-0.1, -0.05) is 202 Å². The van der Waals surface area contributed by atoms with Gasteiger partial charge in [0.25, 0.3) is 0 Å². The minimum atomic E-state index is -0.126. The zero-order valence-corrected chi connectivity index (χ0v) is 31.7. The van der Waals surface area contributed by atoms with Crippen LogP contribution in [0.5, 0.6) is 0 Å². The van der Waals surface area contributed by atoms with Gasteiger partial charge in [0.2, 0.25) is 0 Å². The van der Waals surface area contributed by atoms with Crippen molar-refractivity contribution < 1.29 is 0 Å². The molecule has 1 aliphatic carbocycles. The van der Waals surface area contributed by atoms with Crippen molar-refractivity contribution in [3.8, 4) is 55.6 Å². The molecule has 56 heavy (non-hydrogen) atoms. The molecule has 0 atom stereocenters. The predicted octanol–water partition coefficient (Wildman–Crippen LogP) is 15.3. The van der Waals surface area contributed by atoms with Crippen LogP contribution < -0.4 is 4.90 Å². The maximum Gasteiger partial charge on any atom is 0.0543 e. The monoisotopic (exact) mass is 715 g/mol. The summed E-state index contributed by atoms with van der Waals surface area (Å²) in [7, 11) is 0. The van der Waals surface area contributed by atoms with Crippen molar-refractivity contribution in [1.82, 2.24) is 0 Å². The van der Waals surface area contributed by atoms with E-state index in [-0.39, 0.29) is 5.41 Å².